The minimum absolute atomic E-state index is 0.0318. The summed E-state index contributed by atoms with van der Waals surface area (Å²) in [4.78, 5) is 25.2. The molecule has 0 spiro atoms. The largest absolute Gasteiger partial charge is 0.479 e. The van der Waals surface area contributed by atoms with Crippen LogP contribution in [0.15, 0.2) is 30.3 Å². The van der Waals surface area contributed by atoms with Crippen LogP contribution in [0.3, 0.4) is 0 Å². The number of rotatable bonds is 6. The summed E-state index contributed by atoms with van der Waals surface area (Å²) in [5, 5.41) is 9.48. The zero-order valence-electron chi connectivity index (χ0n) is 12.9. The molecule has 7 heteroatoms. The maximum Gasteiger partial charge on any atom is 0.410 e. The van der Waals surface area contributed by atoms with E-state index in [1.54, 1.807) is 0 Å². The Kier molecular flexibility index (Phi) is 5.95. The summed E-state index contributed by atoms with van der Waals surface area (Å²) < 4.78 is 10.7. The predicted octanol–water partition coefficient (Wildman–Crippen LogP) is 1.22. The summed E-state index contributed by atoms with van der Waals surface area (Å²) in [7, 11) is 0. The summed E-state index contributed by atoms with van der Waals surface area (Å²) in [6.45, 7) is 0.942. The summed E-state index contributed by atoms with van der Waals surface area (Å²) in [5.74, 6) is -1.08. The lowest BCUT2D eigenvalue weighted by molar-refractivity contribution is -0.172. The number of likely N-dealkylation sites (tertiary alicyclic amines) is 1. The van der Waals surface area contributed by atoms with Crippen molar-refractivity contribution in [2.75, 3.05) is 26.2 Å². The molecule has 0 aliphatic carbocycles. The van der Waals surface area contributed by atoms with Crippen LogP contribution in [0.2, 0.25) is 0 Å². The van der Waals surface area contributed by atoms with Crippen molar-refractivity contribution in [3.8, 4) is 0 Å². The molecule has 0 bridgehead atoms. The lowest BCUT2D eigenvalue weighted by atomic mass is 9.93. The second kappa shape index (κ2) is 7.94. The van der Waals surface area contributed by atoms with Gasteiger partial charge in [-0.3, -0.25) is 0 Å². The van der Waals surface area contributed by atoms with Crippen molar-refractivity contribution >= 4 is 12.1 Å². The number of nitrogens with zero attached hydrogens (tertiary/aromatic N) is 1. The molecule has 1 unspecified atom stereocenters. The van der Waals surface area contributed by atoms with E-state index in [1.807, 2.05) is 30.3 Å². The number of carboxylic acid groups (broad SMARTS) is 1. The summed E-state index contributed by atoms with van der Waals surface area (Å²) in [6, 6.07) is 9.32. The molecule has 0 saturated carbocycles. The van der Waals surface area contributed by atoms with Gasteiger partial charge in [-0.2, -0.15) is 0 Å². The molecule has 126 valence electrons. The maximum atomic E-state index is 12.2. The molecule has 1 amide bonds. The molecule has 23 heavy (non-hydrogen) atoms. The Bertz CT molecular complexity index is 537. The van der Waals surface area contributed by atoms with Crippen LogP contribution >= 0.6 is 0 Å². The van der Waals surface area contributed by atoms with Crippen LogP contribution in [0.1, 0.15) is 18.4 Å². The molecular formula is C16H22N2O5. The van der Waals surface area contributed by atoms with Crippen LogP contribution in [0.4, 0.5) is 4.79 Å². The third-order valence-corrected chi connectivity index (χ3v) is 3.80. The number of carboxylic acids is 1. The van der Waals surface area contributed by atoms with Gasteiger partial charge < -0.3 is 25.2 Å². The van der Waals surface area contributed by atoms with Crippen LogP contribution in [-0.4, -0.2) is 53.9 Å². The quantitative estimate of drug-likeness (QED) is 0.816. The Balaban J connectivity index is 1.96. The van der Waals surface area contributed by atoms with E-state index in [0.29, 0.717) is 19.4 Å². The maximum absolute atomic E-state index is 12.2. The van der Waals surface area contributed by atoms with Gasteiger partial charge in [-0.25, -0.2) is 9.59 Å². The average Bonchev–Trinajstić information content (AvgIpc) is 2.59. The molecule has 2 rings (SSSR count). The third kappa shape index (κ3) is 4.43. The average molecular weight is 322 g/mol. The number of nitrogens with two attached hydrogens (primary N) is 1. The van der Waals surface area contributed by atoms with Gasteiger partial charge in [0.1, 0.15) is 6.61 Å². The molecule has 1 aliphatic rings. The fourth-order valence-corrected chi connectivity index (χ4v) is 2.60. The number of ether oxygens (including phenoxy) is 2. The highest BCUT2D eigenvalue weighted by Crippen LogP contribution is 2.26. The normalized spacial score (nSPS) is 21.0. The van der Waals surface area contributed by atoms with Crippen molar-refractivity contribution in [1.29, 1.82) is 0 Å². The van der Waals surface area contributed by atoms with E-state index in [2.05, 4.69) is 0 Å². The van der Waals surface area contributed by atoms with Gasteiger partial charge in [-0.15, -0.1) is 0 Å². The molecule has 1 aliphatic heterocycles. The first kappa shape index (κ1) is 17.2. The van der Waals surface area contributed by atoms with Crippen LogP contribution in [0.5, 0.6) is 0 Å². The highest BCUT2D eigenvalue weighted by molar-refractivity contribution is 5.79. The molecular weight excluding hydrogens is 300 g/mol. The Hall–Kier alpha value is -2.12. The second-order valence-electron chi connectivity index (χ2n) is 5.50. The number of amides is 1. The van der Waals surface area contributed by atoms with Crippen molar-refractivity contribution in [2.45, 2.75) is 25.0 Å². The van der Waals surface area contributed by atoms with Gasteiger partial charge in [0.25, 0.3) is 0 Å². The minimum atomic E-state index is -1.40. The van der Waals surface area contributed by atoms with Gasteiger partial charge in [-0.05, 0) is 18.4 Å². The zero-order valence-corrected chi connectivity index (χ0v) is 12.9. The fourth-order valence-electron chi connectivity index (χ4n) is 2.60. The second-order valence-corrected chi connectivity index (χ2v) is 5.50. The van der Waals surface area contributed by atoms with Crippen LogP contribution in [0.25, 0.3) is 0 Å². The number of carbonyl (C=O) groups is 2. The van der Waals surface area contributed by atoms with E-state index in [9.17, 15) is 14.7 Å². The third-order valence-electron chi connectivity index (χ3n) is 3.80. The van der Waals surface area contributed by atoms with E-state index in [1.165, 1.54) is 4.90 Å². The van der Waals surface area contributed by atoms with Gasteiger partial charge in [0.15, 0.2) is 5.60 Å². The molecule has 1 fully saturated rings. The van der Waals surface area contributed by atoms with Crippen molar-refractivity contribution in [1.82, 2.24) is 4.90 Å². The number of piperidine rings is 1. The number of hydrogen-bond donors (Lipinski definition) is 2. The highest BCUT2D eigenvalue weighted by atomic mass is 16.6. The van der Waals surface area contributed by atoms with Gasteiger partial charge in [0, 0.05) is 13.1 Å². The smallest absolute Gasteiger partial charge is 0.410 e. The van der Waals surface area contributed by atoms with Crippen molar-refractivity contribution < 1.29 is 24.2 Å². The molecule has 7 nitrogen and oxygen atoms in total. The Labute approximate surface area is 135 Å². The molecule has 1 atom stereocenters. The van der Waals surface area contributed by atoms with Crippen molar-refractivity contribution in [2.24, 2.45) is 5.73 Å². The Morgan fingerprint density at radius 3 is 2.70 bits per heavy atom. The monoisotopic (exact) mass is 322 g/mol. The Morgan fingerprint density at radius 2 is 2.04 bits per heavy atom. The van der Waals surface area contributed by atoms with E-state index in [-0.39, 0.29) is 26.3 Å². The standard InChI is InChI=1S/C16H22N2O5/c17-8-10-23-16(14(19)20)7-4-9-18(12-16)15(21)22-11-13-5-2-1-3-6-13/h1-3,5-6H,4,7-12,17H2,(H,19,20). The van der Waals surface area contributed by atoms with Gasteiger partial charge in [0.05, 0.1) is 13.2 Å². The molecule has 1 aromatic carbocycles. The summed E-state index contributed by atoms with van der Waals surface area (Å²) in [5.41, 5.74) is 4.87. The highest BCUT2D eigenvalue weighted by Gasteiger charge is 2.45. The first-order valence-electron chi connectivity index (χ1n) is 7.60. The molecule has 3 N–H and O–H groups in total. The van der Waals surface area contributed by atoms with E-state index in [4.69, 9.17) is 15.2 Å². The van der Waals surface area contributed by atoms with Gasteiger partial charge in [0.2, 0.25) is 0 Å². The lowest BCUT2D eigenvalue weighted by Crippen LogP contribution is -2.56. The van der Waals surface area contributed by atoms with Crippen LogP contribution < -0.4 is 5.73 Å². The van der Waals surface area contributed by atoms with Crippen molar-refractivity contribution in [3.05, 3.63) is 35.9 Å². The van der Waals surface area contributed by atoms with E-state index < -0.39 is 17.7 Å². The van der Waals surface area contributed by atoms with E-state index >= 15 is 0 Å². The lowest BCUT2D eigenvalue weighted by Gasteiger charge is -2.38. The predicted molar refractivity (Wildman–Crippen MR) is 82.8 cm³/mol. The van der Waals surface area contributed by atoms with Crippen LogP contribution in [-0.2, 0) is 20.9 Å². The summed E-state index contributed by atoms with van der Waals surface area (Å²) in [6.07, 6.45) is 0.359. The van der Waals surface area contributed by atoms with Crippen LogP contribution in [0, 0.1) is 0 Å². The van der Waals surface area contributed by atoms with Crippen molar-refractivity contribution in [3.63, 3.8) is 0 Å². The molecule has 1 heterocycles. The van der Waals surface area contributed by atoms with E-state index in [0.717, 1.165) is 5.56 Å². The molecule has 0 radical (unpaired) electrons. The first-order chi connectivity index (χ1) is 11.1. The van der Waals surface area contributed by atoms with Gasteiger partial charge in [-0.1, -0.05) is 30.3 Å². The minimum Gasteiger partial charge on any atom is -0.479 e. The zero-order chi connectivity index (χ0) is 16.7. The molecule has 1 saturated heterocycles. The topological polar surface area (TPSA) is 102 Å². The number of hydrogen-bond acceptors (Lipinski definition) is 5. The first-order valence-corrected chi connectivity index (χ1v) is 7.60. The molecule has 0 aromatic heterocycles. The number of benzene rings is 1. The Morgan fingerprint density at radius 1 is 1.30 bits per heavy atom. The summed E-state index contributed by atoms with van der Waals surface area (Å²) >= 11 is 0. The molecule has 1 aromatic rings. The fraction of sp³-hybridized carbons (Fsp3) is 0.500. The number of aliphatic carboxylic acids is 1. The van der Waals surface area contributed by atoms with Gasteiger partial charge >= 0.3 is 12.1 Å². The number of carbonyl (C=O) groups excluding carboxylic acids is 1. The SMILES string of the molecule is NCCOC1(C(=O)O)CCCN(C(=O)OCc2ccccc2)C1.